The number of rotatable bonds is 9. The largest absolute Gasteiger partial charge is 0.380 e. The van der Waals surface area contributed by atoms with Crippen LogP contribution in [0, 0.1) is 0 Å². The quantitative estimate of drug-likeness (QED) is 0.661. The minimum atomic E-state index is 0.450. The molecule has 0 aromatic heterocycles. The van der Waals surface area contributed by atoms with Crippen molar-refractivity contribution in [2.45, 2.75) is 39.2 Å². The molecule has 0 amide bonds. The molecule has 2 nitrogen and oxygen atoms in total. The maximum Gasteiger partial charge on any atom is 0.0591 e. The first-order valence-corrected chi connectivity index (χ1v) is 6.74. The number of nitrogens with one attached hydrogen (secondary N) is 1. The van der Waals surface area contributed by atoms with Crippen molar-refractivity contribution in [2.24, 2.45) is 0 Å². The van der Waals surface area contributed by atoms with Gasteiger partial charge >= 0.3 is 0 Å². The van der Waals surface area contributed by atoms with E-state index in [1.54, 1.807) is 0 Å². The molecule has 0 spiro atoms. The lowest BCUT2D eigenvalue weighted by Crippen LogP contribution is -2.25. The van der Waals surface area contributed by atoms with Gasteiger partial charge < -0.3 is 10.1 Å². The van der Waals surface area contributed by atoms with E-state index in [1.807, 2.05) is 0 Å². The van der Waals surface area contributed by atoms with Crippen molar-refractivity contribution in [3.05, 3.63) is 35.9 Å². The third-order valence-electron chi connectivity index (χ3n) is 2.89. The second kappa shape index (κ2) is 9.20. The summed E-state index contributed by atoms with van der Waals surface area (Å²) >= 11 is 0. The molecule has 1 N–H and O–H groups in total. The molecule has 96 valence electrons. The van der Waals surface area contributed by atoms with Gasteiger partial charge in [-0.1, -0.05) is 50.6 Å². The van der Waals surface area contributed by atoms with E-state index in [9.17, 15) is 0 Å². The number of benzene rings is 1. The van der Waals surface area contributed by atoms with Gasteiger partial charge in [0.2, 0.25) is 0 Å². The number of hydrogen-bond donors (Lipinski definition) is 1. The lowest BCUT2D eigenvalue weighted by Gasteiger charge is -2.17. The van der Waals surface area contributed by atoms with Crippen molar-refractivity contribution in [3.8, 4) is 0 Å². The first-order chi connectivity index (χ1) is 8.38. The Labute approximate surface area is 105 Å². The maximum atomic E-state index is 5.54. The summed E-state index contributed by atoms with van der Waals surface area (Å²) in [4.78, 5) is 0. The van der Waals surface area contributed by atoms with Crippen LogP contribution >= 0.6 is 0 Å². The summed E-state index contributed by atoms with van der Waals surface area (Å²) in [5, 5.41) is 3.54. The molecule has 1 aromatic rings. The highest BCUT2D eigenvalue weighted by Crippen LogP contribution is 2.15. The second-order valence-corrected chi connectivity index (χ2v) is 4.29. The highest BCUT2D eigenvalue weighted by Gasteiger charge is 2.06. The van der Waals surface area contributed by atoms with Crippen LogP contribution < -0.4 is 5.32 Å². The molecule has 1 unspecified atom stereocenters. The van der Waals surface area contributed by atoms with Gasteiger partial charge in [0.05, 0.1) is 6.61 Å². The van der Waals surface area contributed by atoms with E-state index < -0.39 is 0 Å². The van der Waals surface area contributed by atoms with Crippen LogP contribution in [0.3, 0.4) is 0 Å². The molecule has 1 aromatic carbocycles. The summed E-state index contributed by atoms with van der Waals surface area (Å²) < 4.78 is 5.54. The van der Waals surface area contributed by atoms with Crippen LogP contribution in [0.4, 0.5) is 0 Å². The van der Waals surface area contributed by atoms with Crippen LogP contribution in [0.2, 0.25) is 0 Å². The molecule has 1 rings (SSSR count). The number of ether oxygens (including phenoxy) is 1. The maximum absolute atomic E-state index is 5.54. The van der Waals surface area contributed by atoms with E-state index in [2.05, 4.69) is 49.5 Å². The topological polar surface area (TPSA) is 21.3 Å². The van der Waals surface area contributed by atoms with Crippen molar-refractivity contribution in [1.29, 1.82) is 0 Å². The lowest BCUT2D eigenvalue weighted by molar-refractivity contribution is 0.130. The molecule has 0 bridgehead atoms. The Balaban J connectivity index is 2.20. The van der Waals surface area contributed by atoms with E-state index in [4.69, 9.17) is 4.74 Å². The molecular weight excluding hydrogens is 210 g/mol. The fourth-order valence-corrected chi connectivity index (χ4v) is 1.84. The molecule has 0 saturated heterocycles. The fourth-order valence-electron chi connectivity index (χ4n) is 1.84. The van der Waals surface area contributed by atoms with E-state index >= 15 is 0 Å². The molecule has 0 aliphatic rings. The average molecular weight is 235 g/mol. The molecule has 0 fully saturated rings. The molecule has 1 atom stereocenters. The zero-order chi connectivity index (χ0) is 12.3. The van der Waals surface area contributed by atoms with Gasteiger partial charge in [-0.25, -0.2) is 0 Å². The normalized spacial score (nSPS) is 12.6. The predicted octanol–water partition coefficient (Wildman–Crippen LogP) is 3.54. The number of unbranched alkanes of at least 4 members (excludes halogenated alkanes) is 1. The Morgan fingerprint density at radius 2 is 1.88 bits per heavy atom. The van der Waals surface area contributed by atoms with E-state index in [-0.39, 0.29) is 0 Å². The lowest BCUT2D eigenvalue weighted by atomic mass is 10.1. The van der Waals surface area contributed by atoms with Crippen LogP contribution in [0.5, 0.6) is 0 Å². The van der Waals surface area contributed by atoms with E-state index in [0.717, 1.165) is 32.6 Å². The summed E-state index contributed by atoms with van der Waals surface area (Å²) in [5.41, 5.74) is 1.36. The van der Waals surface area contributed by atoms with Gasteiger partial charge in [-0.3, -0.25) is 0 Å². The summed E-state index contributed by atoms with van der Waals surface area (Å²) in [6.07, 6.45) is 3.48. The van der Waals surface area contributed by atoms with Gasteiger partial charge in [-0.05, 0) is 18.4 Å². The van der Waals surface area contributed by atoms with Gasteiger partial charge in [0, 0.05) is 19.2 Å². The Kier molecular flexibility index (Phi) is 7.69. The van der Waals surface area contributed by atoms with E-state index in [0.29, 0.717) is 6.04 Å². The number of hydrogen-bond acceptors (Lipinski definition) is 2. The first kappa shape index (κ1) is 14.2. The summed E-state index contributed by atoms with van der Waals surface area (Å²) in [6, 6.07) is 11.1. The zero-order valence-corrected chi connectivity index (χ0v) is 11.1. The molecular formula is C15H25NO. The third-order valence-corrected chi connectivity index (χ3v) is 2.89. The van der Waals surface area contributed by atoms with Crippen molar-refractivity contribution >= 4 is 0 Å². The Morgan fingerprint density at radius 1 is 1.12 bits per heavy atom. The minimum absolute atomic E-state index is 0.450. The molecule has 2 heteroatoms. The van der Waals surface area contributed by atoms with Crippen LogP contribution in [0.25, 0.3) is 0 Å². The van der Waals surface area contributed by atoms with Crippen LogP contribution in [-0.4, -0.2) is 19.8 Å². The Bertz CT molecular complexity index is 274. The third kappa shape index (κ3) is 5.85. The van der Waals surface area contributed by atoms with E-state index in [1.165, 1.54) is 12.0 Å². The molecule has 0 aliphatic carbocycles. The van der Waals surface area contributed by atoms with Gasteiger partial charge in [0.25, 0.3) is 0 Å². The van der Waals surface area contributed by atoms with Crippen LogP contribution in [-0.2, 0) is 4.74 Å². The molecule has 0 saturated carbocycles. The van der Waals surface area contributed by atoms with Gasteiger partial charge in [0.1, 0.15) is 0 Å². The highest BCUT2D eigenvalue weighted by atomic mass is 16.5. The van der Waals surface area contributed by atoms with Crippen LogP contribution in [0.15, 0.2) is 30.3 Å². The van der Waals surface area contributed by atoms with Gasteiger partial charge in [0.15, 0.2) is 0 Å². The first-order valence-electron chi connectivity index (χ1n) is 6.74. The second-order valence-electron chi connectivity index (χ2n) is 4.29. The van der Waals surface area contributed by atoms with Gasteiger partial charge in [-0.2, -0.15) is 0 Å². The summed E-state index contributed by atoms with van der Waals surface area (Å²) in [5.74, 6) is 0. The van der Waals surface area contributed by atoms with Crippen molar-refractivity contribution in [1.82, 2.24) is 5.32 Å². The predicted molar refractivity (Wildman–Crippen MR) is 73.2 cm³/mol. The van der Waals surface area contributed by atoms with Crippen molar-refractivity contribution in [3.63, 3.8) is 0 Å². The standard InChI is InChI=1S/C15H25NO/c1-3-5-12-17-13-11-16-15(4-2)14-9-7-6-8-10-14/h6-10,15-16H,3-5,11-13H2,1-2H3. The van der Waals surface area contributed by atoms with Crippen LogP contribution in [0.1, 0.15) is 44.7 Å². The summed E-state index contributed by atoms with van der Waals surface area (Å²) in [7, 11) is 0. The molecule has 0 heterocycles. The van der Waals surface area contributed by atoms with Gasteiger partial charge in [-0.15, -0.1) is 0 Å². The van der Waals surface area contributed by atoms with Crippen molar-refractivity contribution in [2.75, 3.05) is 19.8 Å². The molecule has 17 heavy (non-hydrogen) atoms. The highest BCUT2D eigenvalue weighted by molar-refractivity contribution is 5.18. The van der Waals surface area contributed by atoms with Crippen molar-refractivity contribution < 1.29 is 4.74 Å². The fraction of sp³-hybridized carbons (Fsp3) is 0.600. The SMILES string of the molecule is CCCCOCCNC(CC)c1ccccc1. The Morgan fingerprint density at radius 3 is 2.53 bits per heavy atom. The Hall–Kier alpha value is -0.860. The summed E-state index contributed by atoms with van der Waals surface area (Å²) in [6.45, 7) is 7.02. The monoisotopic (exact) mass is 235 g/mol. The molecule has 0 aliphatic heterocycles. The molecule has 0 radical (unpaired) electrons. The minimum Gasteiger partial charge on any atom is -0.380 e. The smallest absolute Gasteiger partial charge is 0.0591 e. The zero-order valence-electron chi connectivity index (χ0n) is 11.1. The average Bonchev–Trinajstić information content (AvgIpc) is 2.39.